The van der Waals surface area contributed by atoms with Gasteiger partial charge in [-0.05, 0) is 13.3 Å². The van der Waals surface area contributed by atoms with Crippen molar-refractivity contribution in [2.24, 2.45) is 0 Å². The van der Waals surface area contributed by atoms with E-state index in [1.165, 1.54) is 11.5 Å². The van der Waals surface area contributed by atoms with Crippen molar-refractivity contribution in [3.63, 3.8) is 0 Å². The van der Waals surface area contributed by atoms with Crippen LogP contribution in [0.25, 0.3) is 0 Å². The number of methoxy groups -OCH3 is 2. The van der Waals surface area contributed by atoms with Gasteiger partial charge >= 0.3 is 0 Å². The molecule has 0 spiro atoms. The van der Waals surface area contributed by atoms with Crippen LogP contribution in [-0.4, -0.2) is 61.1 Å². The van der Waals surface area contributed by atoms with Gasteiger partial charge in [0.2, 0.25) is 0 Å². The summed E-state index contributed by atoms with van der Waals surface area (Å²) in [6.07, 6.45) is 1.09. The highest BCUT2D eigenvalue weighted by Crippen LogP contribution is 2.20. The van der Waals surface area contributed by atoms with Crippen molar-refractivity contribution in [3.8, 4) is 0 Å². The van der Waals surface area contributed by atoms with Crippen LogP contribution in [0.1, 0.15) is 26.0 Å². The lowest BCUT2D eigenvalue weighted by atomic mass is 10.2. The van der Waals surface area contributed by atoms with Gasteiger partial charge in [0.05, 0.1) is 13.2 Å². The Morgan fingerprint density at radius 3 is 2.80 bits per heavy atom. The fourth-order valence-electron chi connectivity index (χ4n) is 1.89. The molecule has 1 N–H and O–H groups in total. The van der Waals surface area contributed by atoms with Crippen molar-refractivity contribution < 1.29 is 9.47 Å². The summed E-state index contributed by atoms with van der Waals surface area (Å²) >= 11 is 1.42. The highest BCUT2D eigenvalue weighted by molar-refractivity contribution is 7.10. The maximum absolute atomic E-state index is 5.25. The molecule has 0 bridgehead atoms. The van der Waals surface area contributed by atoms with E-state index in [1.54, 1.807) is 14.2 Å². The molecule has 0 fully saturated rings. The normalized spacial score (nSPS) is 12.8. The number of hydrogen-bond acceptors (Lipinski definition) is 7. The van der Waals surface area contributed by atoms with Gasteiger partial charge in [-0.2, -0.15) is 0 Å². The standard InChI is InChI=1S/C13H26N4O2S/c1-5-6-14-13-12(15-16-20-13)9-17(7-8-18-3)11(2)10-19-4/h11,14H,5-10H2,1-4H3. The maximum atomic E-state index is 5.25. The van der Waals surface area contributed by atoms with Gasteiger partial charge in [0.1, 0.15) is 10.7 Å². The van der Waals surface area contributed by atoms with Gasteiger partial charge in [0.15, 0.2) is 0 Å². The van der Waals surface area contributed by atoms with Crippen LogP contribution in [-0.2, 0) is 16.0 Å². The monoisotopic (exact) mass is 302 g/mol. The van der Waals surface area contributed by atoms with Crippen molar-refractivity contribution >= 4 is 16.5 Å². The molecule has 116 valence electrons. The molecule has 20 heavy (non-hydrogen) atoms. The van der Waals surface area contributed by atoms with E-state index in [2.05, 4.69) is 33.7 Å². The molecule has 1 atom stereocenters. The molecular formula is C13H26N4O2S. The number of ether oxygens (including phenoxy) is 2. The van der Waals surface area contributed by atoms with Crippen molar-refractivity contribution in [3.05, 3.63) is 5.69 Å². The van der Waals surface area contributed by atoms with Gasteiger partial charge in [-0.15, -0.1) is 5.10 Å². The predicted molar refractivity (Wildman–Crippen MR) is 82.3 cm³/mol. The predicted octanol–water partition coefficient (Wildman–Crippen LogP) is 1.84. The number of hydrogen-bond donors (Lipinski definition) is 1. The summed E-state index contributed by atoms with van der Waals surface area (Å²) < 4.78 is 14.5. The zero-order valence-corrected chi connectivity index (χ0v) is 13.7. The van der Waals surface area contributed by atoms with Crippen LogP contribution in [0.3, 0.4) is 0 Å². The second-order valence-corrected chi connectivity index (χ2v) is 5.50. The first kappa shape index (κ1) is 17.3. The third kappa shape index (κ3) is 5.70. The Hall–Kier alpha value is -0.760. The number of rotatable bonds is 11. The minimum atomic E-state index is 0.316. The first-order valence-corrected chi connectivity index (χ1v) is 7.77. The van der Waals surface area contributed by atoms with Crippen molar-refractivity contribution in [1.82, 2.24) is 14.5 Å². The van der Waals surface area contributed by atoms with Crippen molar-refractivity contribution in [2.75, 3.05) is 45.8 Å². The molecule has 6 nitrogen and oxygen atoms in total. The molecule has 0 saturated heterocycles. The second kappa shape index (κ2) is 10.0. The molecule has 1 heterocycles. The largest absolute Gasteiger partial charge is 0.383 e. The molecule has 0 saturated carbocycles. The van der Waals surface area contributed by atoms with E-state index in [1.807, 2.05) is 0 Å². The van der Waals surface area contributed by atoms with E-state index in [4.69, 9.17) is 9.47 Å². The Balaban J connectivity index is 2.65. The van der Waals surface area contributed by atoms with E-state index < -0.39 is 0 Å². The molecule has 1 unspecified atom stereocenters. The van der Waals surface area contributed by atoms with Crippen LogP contribution in [0.5, 0.6) is 0 Å². The lowest BCUT2D eigenvalue weighted by Crippen LogP contribution is -2.38. The van der Waals surface area contributed by atoms with Crippen LogP contribution < -0.4 is 5.32 Å². The maximum Gasteiger partial charge on any atom is 0.134 e. The van der Waals surface area contributed by atoms with E-state index in [-0.39, 0.29) is 0 Å². The van der Waals surface area contributed by atoms with E-state index in [0.29, 0.717) is 19.3 Å². The third-order valence-electron chi connectivity index (χ3n) is 3.06. The van der Waals surface area contributed by atoms with E-state index >= 15 is 0 Å². The lowest BCUT2D eigenvalue weighted by molar-refractivity contribution is 0.0698. The molecule has 1 rings (SSSR count). The molecule has 0 radical (unpaired) electrons. The summed E-state index contributed by atoms with van der Waals surface area (Å²) in [5.41, 5.74) is 1.00. The zero-order chi connectivity index (χ0) is 14.8. The summed E-state index contributed by atoms with van der Waals surface area (Å²) in [6.45, 7) is 8.25. The average molecular weight is 302 g/mol. The average Bonchev–Trinajstić information content (AvgIpc) is 2.88. The van der Waals surface area contributed by atoms with Gasteiger partial charge in [0, 0.05) is 51.4 Å². The molecule has 0 aromatic carbocycles. The van der Waals surface area contributed by atoms with Crippen molar-refractivity contribution in [2.45, 2.75) is 32.9 Å². The Morgan fingerprint density at radius 1 is 1.35 bits per heavy atom. The fourth-order valence-corrected chi connectivity index (χ4v) is 2.49. The van der Waals surface area contributed by atoms with Crippen LogP contribution in [0, 0.1) is 0 Å². The van der Waals surface area contributed by atoms with Gasteiger partial charge in [0.25, 0.3) is 0 Å². The molecule has 0 amide bonds. The molecular weight excluding hydrogens is 276 g/mol. The summed E-state index contributed by atoms with van der Waals surface area (Å²) in [7, 11) is 3.45. The van der Waals surface area contributed by atoms with Crippen LogP contribution in [0.4, 0.5) is 5.00 Å². The van der Waals surface area contributed by atoms with Crippen LogP contribution >= 0.6 is 11.5 Å². The highest BCUT2D eigenvalue weighted by Gasteiger charge is 2.18. The first-order valence-electron chi connectivity index (χ1n) is 6.99. The molecule has 1 aromatic rings. The molecule has 0 aliphatic carbocycles. The number of anilines is 1. The summed E-state index contributed by atoms with van der Waals surface area (Å²) in [6, 6.07) is 0.316. The zero-order valence-electron chi connectivity index (χ0n) is 12.9. The van der Waals surface area contributed by atoms with Gasteiger partial charge in [-0.25, -0.2) is 0 Å². The Morgan fingerprint density at radius 2 is 2.15 bits per heavy atom. The van der Waals surface area contributed by atoms with Crippen molar-refractivity contribution in [1.29, 1.82) is 0 Å². The molecule has 1 aromatic heterocycles. The number of aromatic nitrogens is 2. The number of nitrogens with one attached hydrogen (secondary N) is 1. The van der Waals surface area contributed by atoms with Gasteiger partial charge < -0.3 is 14.8 Å². The Bertz CT molecular complexity index is 362. The Kier molecular flexibility index (Phi) is 8.68. The minimum Gasteiger partial charge on any atom is -0.383 e. The minimum absolute atomic E-state index is 0.316. The number of nitrogens with zero attached hydrogens (tertiary/aromatic N) is 3. The van der Waals surface area contributed by atoms with Gasteiger partial charge in [-0.1, -0.05) is 11.4 Å². The SMILES string of the molecule is CCCNc1snnc1CN(CCOC)C(C)COC. The summed E-state index contributed by atoms with van der Waals surface area (Å²) in [5.74, 6) is 0. The summed E-state index contributed by atoms with van der Waals surface area (Å²) in [4.78, 5) is 2.31. The van der Waals surface area contributed by atoms with E-state index in [0.717, 1.165) is 36.8 Å². The molecule has 7 heteroatoms. The smallest absolute Gasteiger partial charge is 0.134 e. The molecule has 0 aliphatic heterocycles. The van der Waals surface area contributed by atoms with Crippen LogP contribution in [0.2, 0.25) is 0 Å². The lowest BCUT2D eigenvalue weighted by Gasteiger charge is -2.27. The fraction of sp³-hybridized carbons (Fsp3) is 0.846. The third-order valence-corrected chi connectivity index (χ3v) is 3.78. The van der Waals surface area contributed by atoms with Gasteiger partial charge in [-0.3, -0.25) is 4.90 Å². The highest BCUT2D eigenvalue weighted by atomic mass is 32.1. The van der Waals surface area contributed by atoms with Crippen LogP contribution in [0.15, 0.2) is 0 Å². The second-order valence-electron chi connectivity index (χ2n) is 4.74. The quantitative estimate of drug-likeness (QED) is 0.673. The Labute approximate surface area is 125 Å². The van der Waals surface area contributed by atoms with E-state index in [9.17, 15) is 0 Å². The topological polar surface area (TPSA) is 59.5 Å². The summed E-state index contributed by atoms with van der Waals surface area (Å²) in [5, 5.41) is 8.69. The molecule has 0 aliphatic rings. The first-order chi connectivity index (χ1) is 9.72.